The molecule has 2 heterocycles. The van der Waals surface area contributed by atoms with Crippen LogP contribution in [0.3, 0.4) is 0 Å². The van der Waals surface area contributed by atoms with E-state index in [0.29, 0.717) is 24.8 Å². The molecule has 2 fully saturated rings. The van der Waals surface area contributed by atoms with Gasteiger partial charge in [0.25, 0.3) is 0 Å². The summed E-state index contributed by atoms with van der Waals surface area (Å²) in [6, 6.07) is 6.08. The molecule has 0 saturated carbocycles. The summed E-state index contributed by atoms with van der Waals surface area (Å²) in [6.45, 7) is 4.81. The molecule has 6 heteroatoms. The Hall–Kier alpha value is -1.66. The highest BCUT2D eigenvalue weighted by molar-refractivity contribution is 5.79. The summed E-state index contributed by atoms with van der Waals surface area (Å²) in [7, 11) is 0. The third-order valence-corrected chi connectivity index (χ3v) is 5.48. The van der Waals surface area contributed by atoms with E-state index < -0.39 is 0 Å². The molecule has 0 aromatic heterocycles. The number of carbonyl (C=O) groups excluding carboxylic acids is 1. The Morgan fingerprint density at radius 3 is 2.58 bits per heavy atom. The molecule has 1 aromatic carbocycles. The number of benzene rings is 1. The first kappa shape index (κ1) is 19.1. The van der Waals surface area contributed by atoms with E-state index in [1.165, 1.54) is 12.1 Å². The quantitative estimate of drug-likeness (QED) is 0.840. The number of halogens is 1. The minimum atomic E-state index is -0.267. The van der Waals surface area contributed by atoms with Crippen LogP contribution in [0.4, 0.5) is 4.39 Å². The van der Waals surface area contributed by atoms with Gasteiger partial charge in [0.15, 0.2) is 0 Å². The number of β-amino-alcohol motifs (C(OH)–C–C–N with tert-alkyl or cyclic N) is 1. The van der Waals surface area contributed by atoms with Crippen LogP contribution in [0.25, 0.3) is 0 Å². The number of hydrogen-bond acceptors (Lipinski definition) is 4. The summed E-state index contributed by atoms with van der Waals surface area (Å²) in [5, 5.41) is 9.03. The van der Waals surface area contributed by atoms with Gasteiger partial charge in [-0.2, -0.15) is 0 Å². The number of carbonyl (C=O) groups is 1. The molecule has 1 aromatic rings. The SMILES string of the molecule is O=C(C1CCN(CCO)CC1)N1CCCC(COc2ccc(F)cc2)C1. The number of aliphatic hydroxyl groups excluding tert-OH is 1. The molecule has 2 aliphatic heterocycles. The van der Waals surface area contributed by atoms with E-state index in [-0.39, 0.29) is 24.2 Å². The van der Waals surface area contributed by atoms with Gasteiger partial charge >= 0.3 is 0 Å². The van der Waals surface area contributed by atoms with Crippen LogP contribution in [0.2, 0.25) is 0 Å². The van der Waals surface area contributed by atoms with Gasteiger partial charge in [0.1, 0.15) is 11.6 Å². The maximum absolute atomic E-state index is 13.0. The molecule has 3 rings (SSSR count). The Morgan fingerprint density at radius 2 is 1.88 bits per heavy atom. The number of amides is 1. The Kier molecular flexibility index (Phi) is 6.86. The molecule has 1 amide bonds. The van der Waals surface area contributed by atoms with Gasteiger partial charge in [-0.05, 0) is 63.0 Å². The van der Waals surface area contributed by atoms with Crippen molar-refractivity contribution in [3.05, 3.63) is 30.1 Å². The molecule has 26 heavy (non-hydrogen) atoms. The van der Waals surface area contributed by atoms with Gasteiger partial charge in [-0.3, -0.25) is 4.79 Å². The zero-order chi connectivity index (χ0) is 18.4. The molecule has 0 aliphatic carbocycles. The van der Waals surface area contributed by atoms with Gasteiger partial charge in [0.05, 0.1) is 13.2 Å². The van der Waals surface area contributed by atoms with Gasteiger partial charge in [-0.1, -0.05) is 0 Å². The molecule has 1 unspecified atom stereocenters. The third kappa shape index (κ3) is 5.17. The highest BCUT2D eigenvalue weighted by Gasteiger charge is 2.31. The number of rotatable bonds is 6. The molecule has 144 valence electrons. The van der Waals surface area contributed by atoms with Crippen LogP contribution in [0.1, 0.15) is 25.7 Å². The number of nitrogens with zero attached hydrogens (tertiary/aromatic N) is 2. The zero-order valence-corrected chi connectivity index (χ0v) is 15.3. The molecule has 2 aliphatic rings. The second-order valence-electron chi connectivity index (χ2n) is 7.40. The molecular formula is C20H29FN2O3. The van der Waals surface area contributed by atoms with Crippen molar-refractivity contribution in [1.82, 2.24) is 9.80 Å². The summed E-state index contributed by atoms with van der Waals surface area (Å²) in [6.07, 6.45) is 3.82. The lowest BCUT2D eigenvalue weighted by Gasteiger charge is -2.37. The fraction of sp³-hybridized carbons (Fsp3) is 0.650. The van der Waals surface area contributed by atoms with Crippen LogP contribution >= 0.6 is 0 Å². The topological polar surface area (TPSA) is 53.0 Å². The van der Waals surface area contributed by atoms with Crippen molar-refractivity contribution >= 4 is 5.91 Å². The lowest BCUT2D eigenvalue weighted by Crippen LogP contribution is -2.47. The average Bonchev–Trinajstić information content (AvgIpc) is 2.68. The largest absolute Gasteiger partial charge is 0.493 e. The molecule has 1 atom stereocenters. The first-order valence-corrected chi connectivity index (χ1v) is 9.66. The van der Waals surface area contributed by atoms with Gasteiger partial charge < -0.3 is 19.6 Å². The highest BCUT2D eigenvalue weighted by Crippen LogP contribution is 2.24. The van der Waals surface area contributed by atoms with Crippen molar-refractivity contribution in [1.29, 1.82) is 0 Å². The summed E-state index contributed by atoms with van der Waals surface area (Å²) < 4.78 is 18.7. The number of hydrogen-bond donors (Lipinski definition) is 1. The highest BCUT2D eigenvalue weighted by atomic mass is 19.1. The average molecular weight is 364 g/mol. The predicted molar refractivity (Wildman–Crippen MR) is 97.4 cm³/mol. The molecule has 5 nitrogen and oxygen atoms in total. The Labute approximate surface area is 154 Å². The summed E-state index contributed by atoms with van der Waals surface area (Å²) >= 11 is 0. The van der Waals surface area contributed by atoms with Gasteiger partial charge in [-0.15, -0.1) is 0 Å². The molecular weight excluding hydrogens is 335 g/mol. The lowest BCUT2D eigenvalue weighted by atomic mass is 9.92. The Morgan fingerprint density at radius 1 is 1.15 bits per heavy atom. The molecule has 2 saturated heterocycles. The van der Waals surface area contributed by atoms with Crippen molar-refractivity contribution < 1.29 is 19.0 Å². The maximum Gasteiger partial charge on any atom is 0.225 e. The van der Waals surface area contributed by atoms with Gasteiger partial charge in [0, 0.05) is 31.5 Å². The normalized spacial score (nSPS) is 22.4. The van der Waals surface area contributed by atoms with Crippen LogP contribution in [0, 0.1) is 17.7 Å². The molecule has 0 radical (unpaired) electrons. The molecule has 0 bridgehead atoms. The third-order valence-electron chi connectivity index (χ3n) is 5.48. The van der Waals surface area contributed by atoms with Crippen molar-refractivity contribution in [3.63, 3.8) is 0 Å². The fourth-order valence-corrected chi connectivity index (χ4v) is 3.95. The number of ether oxygens (including phenoxy) is 1. The second-order valence-corrected chi connectivity index (χ2v) is 7.40. The van der Waals surface area contributed by atoms with Crippen LogP contribution in [-0.4, -0.2) is 66.8 Å². The number of piperidine rings is 2. The van der Waals surface area contributed by atoms with Crippen LogP contribution in [-0.2, 0) is 4.79 Å². The summed E-state index contributed by atoms with van der Waals surface area (Å²) in [4.78, 5) is 17.1. The minimum absolute atomic E-state index is 0.113. The van der Waals surface area contributed by atoms with Crippen molar-refractivity contribution in [2.45, 2.75) is 25.7 Å². The van der Waals surface area contributed by atoms with E-state index in [1.807, 2.05) is 4.90 Å². The standard InChI is InChI=1S/C20H29FN2O3/c21-18-3-5-19(6-4-18)26-15-16-2-1-9-23(14-16)20(25)17-7-10-22(11-8-17)12-13-24/h3-6,16-17,24H,1-2,7-15H2. The summed E-state index contributed by atoms with van der Waals surface area (Å²) in [5.41, 5.74) is 0. The van der Waals surface area contributed by atoms with E-state index in [2.05, 4.69) is 4.90 Å². The van der Waals surface area contributed by atoms with Crippen LogP contribution in [0.5, 0.6) is 5.75 Å². The van der Waals surface area contributed by atoms with Crippen molar-refractivity contribution in [2.24, 2.45) is 11.8 Å². The first-order valence-electron chi connectivity index (χ1n) is 9.66. The Balaban J connectivity index is 1.45. The van der Waals surface area contributed by atoms with E-state index in [0.717, 1.165) is 51.9 Å². The number of aliphatic hydroxyl groups is 1. The monoisotopic (exact) mass is 364 g/mol. The van der Waals surface area contributed by atoms with E-state index in [1.54, 1.807) is 12.1 Å². The van der Waals surface area contributed by atoms with Gasteiger partial charge in [-0.25, -0.2) is 4.39 Å². The Bertz CT molecular complexity index is 573. The van der Waals surface area contributed by atoms with Gasteiger partial charge in [0.2, 0.25) is 5.91 Å². The number of likely N-dealkylation sites (tertiary alicyclic amines) is 2. The van der Waals surface area contributed by atoms with E-state index in [4.69, 9.17) is 9.84 Å². The van der Waals surface area contributed by atoms with E-state index >= 15 is 0 Å². The van der Waals surface area contributed by atoms with Crippen molar-refractivity contribution in [2.75, 3.05) is 45.9 Å². The maximum atomic E-state index is 13.0. The van der Waals surface area contributed by atoms with Crippen LogP contribution < -0.4 is 4.74 Å². The molecule has 1 N–H and O–H groups in total. The van der Waals surface area contributed by atoms with Crippen LogP contribution in [0.15, 0.2) is 24.3 Å². The predicted octanol–water partition coefficient (Wildman–Crippen LogP) is 2.15. The summed E-state index contributed by atoms with van der Waals surface area (Å²) in [5.74, 6) is 1.12. The molecule has 0 spiro atoms. The first-order chi connectivity index (χ1) is 12.7. The van der Waals surface area contributed by atoms with E-state index in [9.17, 15) is 9.18 Å². The smallest absolute Gasteiger partial charge is 0.225 e. The second kappa shape index (κ2) is 9.33. The zero-order valence-electron chi connectivity index (χ0n) is 15.3. The lowest BCUT2D eigenvalue weighted by molar-refractivity contribution is -0.139. The fourth-order valence-electron chi connectivity index (χ4n) is 3.95. The minimum Gasteiger partial charge on any atom is -0.493 e. The van der Waals surface area contributed by atoms with Crippen molar-refractivity contribution in [3.8, 4) is 5.75 Å².